The first-order valence-corrected chi connectivity index (χ1v) is 10.5. The Balaban J connectivity index is 1.84. The van der Waals surface area contributed by atoms with E-state index in [1.807, 2.05) is 13.8 Å². The summed E-state index contributed by atoms with van der Waals surface area (Å²) in [6, 6.07) is 0.584. The molecule has 0 N–H and O–H groups in total. The van der Waals surface area contributed by atoms with E-state index in [1.54, 1.807) is 24.0 Å². The summed E-state index contributed by atoms with van der Waals surface area (Å²) in [4.78, 5) is 33.6. The first kappa shape index (κ1) is 17.5. The van der Waals surface area contributed by atoms with Gasteiger partial charge >= 0.3 is 8.32 Å². The predicted molar refractivity (Wildman–Crippen MR) is 82.0 cm³/mol. The molecule has 1 aromatic rings. The number of carbonyl (C=O) groups is 1. The highest BCUT2D eigenvalue weighted by Crippen LogP contribution is 2.57. The fourth-order valence-corrected chi connectivity index (χ4v) is 7.87. The molecule has 1 aromatic heterocycles. The van der Waals surface area contributed by atoms with Crippen LogP contribution in [0, 0.1) is 0 Å². The zero-order valence-electron chi connectivity index (χ0n) is 14.2. The second kappa shape index (κ2) is 6.52. The van der Waals surface area contributed by atoms with Crippen LogP contribution in [0.25, 0.3) is 0 Å². The van der Waals surface area contributed by atoms with Gasteiger partial charge in [0.15, 0.2) is 0 Å². The average Bonchev–Trinajstić information content (AvgIpc) is 3.52. The van der Waals surface area contributed by atoms with Crippen molar-refractivity contribution in [3.63, 3.8) is 0 Å². The van der Waals surface area contributed by atoms with Crippen molar-refractivity contribution in [3.8, 4) is 0 Å². The van der Waals surface area contributed by atoms with Crippen LogP contribution in [0.5, 0.6) is 0 Å². The highest BCUT2D eigenvalue weighted by molar-refractivity contribution is 6.80. The molecule has 9 nitrogen and oxygen atoms in total. The molecule has 2 aliphatic heterocycles. The summed E-state index contributed by atoms with van der Waals surface area (Å²) in [7, 11) is -3.05. The Kier molecular flexibility index (Phi) is 4.75. The Morgan fingerprint density at radius 1 is 1.17 bits per heavy atom. The minimum atomic E-state index is -3.05. The number of aromatic nitrogens is 3. The van der Waals surface area contributed by atoms with Crippen LogP contribution >= 0.6 is 0 Å². The zero-order chi connectivity index (χ0) is 17.3. The van der Waals surface area contributed by atoms with Crippen molar-refractivity contribution in [2.75, 3.05) is 0 Å². The normalized spacial score (nSPS) is 20.6. The number of carbonyl (C=O) groups excluding carboxylic acids is 1. The largest absolute Gasteiger partial charge is 0.507 e. The Morgan fingerprint density at radius 3 is 2.21 bits per heavy atom. The molecule has 0 aliphatic carbocycles. The van der Waals surface area contributed by atoms with Gasteiger partial charge in [-0.1, -0.05) is 26.0 Å². The highest BCUT2D eigenvalue weighted by atomic mass is 28.4. The molecule has 0 radical (unpaired) electrons. The zero-order valence-corrected chi connectivity index (χ0v) is 15.2. The summed E-state index contributed by atoms with van der Waals surface area (Å²) in [5.41, 5.74) is -1.82. The minimum absolute atomic E-state index is 0.275. The van der Waals surface area contributed by atoms with Crippen LogP contribution < -0.4 is 0 Å². The van der Waals surface area contributed by atoms with E-state index in [2.05, 4.69) is 10.3 Å². The Morgan fingerprint density at radius 2 is 1.79 bits per heavy atom. The van der Waals surface area contributed by atoms with Gasteiger partial charge in [0, 0.05) is 32.0 Å². The minimum Gasteiger partial charge on any atom is -0.507 e. The van der Waals surface area contributed by atoms with Crippen LogP contribution in [-0.4, -0.2) is 40.1 Å². The lowest BCUT2D eigenvalue weighted by atomic mass is 10.5. The number of hydrogen-bond donors (Lipinski definition) is 0. The fourth-order valence-electron chi connectivity index (χ4n) is 3.16. The molecule has 134 valence electrons. The molecule has 0 unspecified atom stereocenters. The molecule has 2 saturated heterocycles. The van der Waals surface area contributed by atoms with Crippen LogP contribution in [0.2, 0.25) is 6.04 Å². The Bertz CT molecular complexity index is 553. The van der Waals surface area contributed by atoms with Crippen molar-refractivity contribution in [2.45, 2.75) is 69.9 Å². The molecule has 24 heavy (non-hydrogen) atoms. The first-order valence-electron chi connectivity index (χ1n) is 8.36. The molecule has 0 saturated carbocycles. The van der Waals surface area contributed by atoms with Crippen molar-refractivity contribution in [1.82, 2.24) is 15.0 Å². The quantitative estimate of drug-likeness (QED) is 0.354. The molecule has 10 heteroatoms. The van der Waals surface area contributed by atoms with Crippen molar-refractivity contribution in [2.24, 2.45) is 0 Å². The smallest absolute Gasteiger partial charge is 0.391 e. The lowest BCUT2D eigenvalue weighted by Crippen LogP contribution is -2.65. The molecule has 3 rings (SSSR count). The van der Waals surface area contributed by atoms with Crippen molar-refractivity contribution >= 4 is 14.3 Å². The molecule has 3 heterocycles. The third kappa shape index (κ3) is 2.78. The van der Waals surface area contributed by atoms with Gasteiger partial charge in [0.25, 0.3) is 16.8 Å². The van der Waals surface area contributed by atoms with E-state index in [-0.39, 0.29) is 12.4 Å². The summed E-state index contributed by atoms with van der Waals surface area (Å²) in [6.07, 6.45) is 5.54. The Hall–Kier alpha value is -1.33. The van der Waals surface area contributed by atoms with E-state index in [4.69, 9.17) is 24.0 Å². The monoisotopic (exact) mass is 357 g/mol. The van der Waals surface area contributed by atoms with Crippen LogP contribution in [0.3, 0.4) is 0 Å². The van der Waals surface area contributed by atoms with Crippen LogP contribution in [0.4, 0.5) is 0 Å². The molecule has 0 aromatic carbocycles. The maximum Gasteiger partial charge on any atom is 0.391 e. The maximum absolute atomic E-state index is 12.2. The standard InChI is InChI=1S/C14H23N3O6Si/c1-4-12(18)19-24(13(5-2)20-21-13,14(6-3)22-23-14)11-7-9-17-10-8-15-16-17/h8,10H,4-7,9,11H2,1-3H3. The summed E-state index contributed by atoms with van der Waals surface area (Å²) in [5, 5.41) is 7.75. The number of hydrogen-bond acceptors (Lipinski definition) is 8. The fraction of sp³-hybridized carbons (Fsp3) is 0.786. The van der Waals surface area contributed by atoms with Crippen molar-refractivity contribution < 1.29 is 28.8 Å². The van der Waals surface area contributed by atoms with Crippen molar-refractivity contribution in [1.29, 1.82) is 0 Å². The van der Waals surface area contributed by atoms with E-state index in [1.165, 1.54) is 0 Å². The van der Waals surface area contributed by atoms with E-state index < -0.39 is 19.1 Å². The highest BCUT2D eigenvalue weighted by Gasteiger charge is 2.85. The van der Waals surface area contributed by atoms with Gasteiger partial charge in [0.05, 0.1) is 6.20 Å². The lowest BCUT2D eigenvalue weighted by Gasteiger charge is -2.34. The first-order chi connectivity index (χ1) is 11.6. The van der Waals surface area contributed by atoms with Crippen molar-refractivity contribution in [3.05, 3.63) is 12.4 Å². The molecule has 2 fully saturated rings. The predicted octanol–water partition coefficient (Wildman–Crippen LogP) is 1.78. The van der Waals surface area contributed by atoms with Crippen LogP contribution in [0.1, 0.15) is 46.5 Å². The Labute approximate surface area is 141 Å². The van der Waals surface area contributed by atoms with Gasteiger partial charge in [0.1, 0.15) is 0 Å². The van der Waals surface area contributed by atoms with Crippen LogP contribution in [0.15, 0.2) is 12.4 Å². The summed E-state index contributed by atoms with van der Waals surface area (Å²) in [6.45, 7) is 6.30. The van der Waals surface area contributed by atoms with Gasteiger partial charge in [-0.3, -0.25) is 9.48 Å². The van der Waals surface area contributed by atoms with Gasteiger partial charge in [-0.25, -0.2) is 0 Å². The second-order valence-electron chi connectivity index (χ2n) is 5.97. The number of aryl methyl sites for hydroxylation is 1. The SMILES string of the molecule is CCC(=O)O[Si](CCCn1ccnn1)(C1(CC)OO1)C1(CC)OO1. The molecule has 0 spiro atoms. The van der Waals surface area contributed by atoms with E-state index in [0.29, 0.717) is 25.4 Å². The van der Waals surface area contributed by atoms with E-state index in [0.717, 1.165) is 6.42 Å². The third-order valence-electron chi connectivity index (χ3n) is 4.70. The molecule has 0 amide bonds. The molecular formula is C14H23N3O6Si. The average molecular weight is 357 g/mol. The topological polar surface area (TPSA) is 107 Å². The number of rotatable bonds is 10. The molecule has 0 bridgehead atoms. The molecule has 0 atom stereocenters. The maximum atomic E-state index is 12.2. The van der Waals surface area contributed by atoms with Gasteiger partial charge in [-0.2, -0.15) is 19.6 Å². The lowest BCUT2D eigenvalue weighted by molar-refractivity contribution is -0.135. The second-order valence-corrected chi connectivity index (χ2v) is 9.85. The molecule has 2 aliphatic rings. The number of nitrogens with zero attached hydrogens (tertiary/aromatic N) is 3. The summed E-state index contributed by atoms with van der Waals surface area (Å²) in [5.74, 6) is -0.290. The van der Waals surface area contributed by atoms with Crippen LogP contribution in [-0.2, 0) is 35.3 Å². The van der Waals surface area contributed by atoms with Gasteiger partial charge in [0.2, 0.25) is 0 Å². The van der Waals surface area contributed by atoms with E-state index >= 15 is 0 Å². The van der Waals surface area contributed by atoms with Gasteiger partial charge in [-0.15, -0.1) is 5.10 Å². The third-order valence-corrected chi connectivity index (χ3v) is 9.83. The van der Waals surface area contributed by atoms with Gasteiger partial charge in [-0.05, 0) is 12.5 Å². The summed E-state index contributed by atoms with van der Waals surface area (Å²) >= 11 is 0. The van der Waals surface area contributed by atoms with Gasteiger partial charge < -0.3 is 4.43 Å². The summed E-state index contributed by atoms with van der Waals surface area (Å²) < 4.78 is 7.74. The van der Waals surface area contributed by atoms with E-state index in [9.17, 15) is 4.79 Å². The molecular weight excluding hydrogens is 334 g/mol.